The van der Waals surface area contributed by atoms with Crippen molar-refractivity contribution in [1.29, 1.82) is 0 Å². The predicted octanol–water partition coefficient (Wildman–Crippen LogP) is 5.59. The van der Waals surface area contributed by atoms with Gasteiger partial charge in [-0.2, -0.15) is 0 Å². The fourth-order valence-corrected chi connectivity index (χ4v) is 5.08. The van der Waals surface area contributed by atoms with Gasteiger partial charge >= 0.3 is 0 Å². The highest BCUT2D eigenvalue weighted by atomic mass is 35.5. The second-order valence-electron chi connectivity index (χ2n) is 7.54. The highest BCUT2D eigenvalue weighted by Gasteiger charge is 2.20. The normalized spacial score (nSPS) is 10.8. The average molecular weight is 510 g/mol. The number of thiazole rings is 1. The highest BCUT2D eigenvalue weighted by molar-refractivity contribution is 7.99. The Labute approximate surface area is 210 Å². The molecule has 2 aromatic carbocycles. The Morgan fingerprint density at radius 3 is 2.48 bits per heavy atom. The monoisotopic (exact) mass is 509 g/mol. The quantitative estimate of drug-likeness (QED) is 0.296. The Hall–Kier alpha value is -2.00. The van der Waals surface area contributed by atoms with E-state index in [-0.39, 0.29) is 18.3 Å². The van der Waals surface area contributed by atoms with Gasteiger partial charge in [0.15, 0.2) is 5.13 Å². The molecule has 0 radical (unpaired) electrons. The largest absolute Gasteiger partial charge is 0.497 e. The molecule has 9 heteroatoms. The number of nitrogens with zero attached hydrogens (tertiary/aromatic N) is 3. The van der Waals surface area contributed by atoms with Crippen molar-refractivity contribution in [3.05, 3.63) is 42.5 Å². The van der Waals surface area contributed by atoms with E-state index in [0.717, 1.165) is 44.7 Å². The van der Waals surface area contributed by atoms with Gasteiger partial charge < -0.3 is 14.4 Å². The number of thioether (sulfide) groups is 1. The van der Waals surface area contributed by atoms with Crippen LogP contribution < -0.4 is 14.4 Å². The first kappa shape index (κ1) is 27.2. The minimum atomic E-state index is 0. The number of anilines is 1. The van der Waals surface area contributed by atoms with Crippen molar-refractivity contribution in [2.45, 2.75) is 24.7 Å². The molecule has 0 aliphatic rings. The maximum atomic E-state index is 13.2. The van der Waals surface area contributed by atoms with E-state index >= 15 is 0 Å². The molecular weight excluding hydrogens is 478 g/mol. The van der Waals surface area contributed by atoms with Crippen molar-refractivity contribution in [1.82, 2.24) is 9.88 Å². The van der Waals surface area contributed by atoms with Gasteiger partial charge in [0.2, 0.25) is 5.91 Å². The summed E-state index contributed by atoms with van der Waals surface area (Å²) in [4.78, 5) is 23.0. The number of ether oxygens (including phenoxy) is 2. The maximum absolute atomic E-state index is 13.2. The second kappa shape index (κ2) is 13.6. The molecule has 0 bridgehead atoms. The molecule has 0 aliphatic heterocycles. The molecule has 0 atom stereocenters. The lowest BCUT2D eigenvalue weighted by molar-refractivity contribution is -0.118. The van der Waals surface area contributed by atoms with E-state index < -0.39 is 0 Å². The van der Waals surface area contributed by atoms with E-state index in [4.69, 9.17) is 14.5 Å². The third kappa shape index (κ3) is 8.07. The van der Waals surface area contributed by atoms with Crippen LogP contribution in [0.3, 0.4) is 0 Å². The maximum Gasteiger partial charge on any atom is 0.229 e. The zero-order valence-corrected chi connectivity index (χ0v) is 22.0. The molecule has 0 unspecified atom stereocenters. The standard InChI is InChI=1S/C24H31N3O3S2.ClH/c1-5-30-19-9-12-21-22(17-19)32-24(25-21)27(15-6-14-26(2)3)23(28)13-16-31-20-10-7-18(29-4)8-11-20;/h7-12,17H,5-6,13-16H2,1-4H3;1H. The van der Waals surface area contributed by atoms with Gasteiger partial charge in [0.1, 0.15) is 11.5 Å². The molecule has 3 aromatic rings. The molecule has 1 aromatic heterocycles. The van der Waals surface area contributed by atoms with Crippen LogP contribution in [-0.2, 0) is 4.79 Å². The van der Waals surface area contributed by atoms with Crippen LogP contribution in [0.2, 0.25) is 0 Å². The summed E-state index contributed by atoms with van der Waals surface area (Å²) >= 11 is 3.22. The molecule has 1 amide bonds. The first-order valence-corrected chi connectivity index (χ1v) is 12.6. The molecule has 33 heavy (non-hydrogen) atoms. The van der Waals surface area contributed by atoms with Crippen LogP contribution in [0.4, 0.5) is 5.13 Å². The van der Waals surface area contributed by atoms with Crippen molar-refractivity contribution in [2.24, 2.45) is 0 Å². The molecular formula is C24H32ClN3O3S2. The summed E-state index contributed by atoms with van der Waals surface area (Å²) in [6.45, 7) is 4.17. The Morgan fingerprint density at radius 2 is 1.82 bits per heavy atom. The first-order chi connectivity index (χ1) is 15.5. The van der Waals surface area contributed by atoms with Gasteiger partial charge in [0.25, 0.3) is 0 Å². The third-order valence-corrected chi connectivity index (χ3v) is 6.88. The van der Waals surface area contributed by atoms with Crippen LogP contribution in [0.25, 0.3) is 10.2 Å². The lowest BCUT2D eigenvalue weighted by atomic mass is 10.3. The zero-order chi connectivity index (χ0) is 22.9. The van der Waals surface area contributed by atoms with Gasteiger partial charge in [-0.05, 0) is 76.4 Å². The molecule has 0 aliphatic carbocycles. The molecule has 1 heterocycles. The van der Waals surface area contributed by atoms with Crippen molar-refractivity contribution in [3.8, 4) is 11.5 Å². The number of benzene rings is 2. The molecule has 0 fully saturated rings. The number of hydrogen-bond acceptors (Lipinski definition) is 7. The summed E-state index contributed by atoms with van der Waals surface area (Å²) in [5.74, 6) is 2.49. The van der Waals surface area contributed by atoms with E-state index in [1.807, 2.05) is 68.4 Å². The Morgan fingerprint density at radius 1 is 1.09 bits per heavy atom. The molecule has 0 saturated heterocycles. The number of fused-ring (bicyclic) bond motifs is 1. The lowest BCUT2D eigenvalue weighted by Gasteiger charge is -2.21. The summed E-state index contributed by atoms with van der Waals surface area (Å²) in [7, 11) is 5.75. The van der Waals surface area contributed by atoms with Gasteiger partial charge in [0.05, 0.1) is 23.9 Å². The average Bonchev–Trinajstić information content (AvgIpc) is 3.20. The molecule has 180 valence electrons. The number of hydrogen-bond donors (Lipinski definition) is 0. The van der Waals surface area contributed by atoms with Gasteiger partial charge in [-0.25, -0.2) is 4.98 Å². The smallest absolute Gasteiger partial charge is 0.229 e. The fraction of sp³-hybridized carbons (Fsp3) is 0.417. The third-order valence-electron chi connectivity index (χ3n) is 4.82. The SMILES string of the molecule is CCOc1ccc2nc(N(CCCN(C)C)C(=O)CCSc3ccc(OC)cc3)sc2c1.Cl. The number of rotatable bonds is 12. The Kier molecular flexibility index (Phi) is 11.3. The molecule has 0 saturated carbocycles. The number of amides is 1. The van der Waals surface area contributed by atoms with Crippen molar-refractivity contribution < 1.29 is 14.3 Å². The molecule has 0 spiro atoms. The van der Waals surface area contributed by atoms with E-state index in [9.17, 15) is 4.79 Å². The highest BCUT2D eigenvalue weighted by Crippen LogP contribution is 2.32. The summed E-state index contributed by atoms with van der Waals surface area (Å²) in [5, 5.41) is 0.756. The summed E-state index contributed by atoms with van der Waals surface area (Å²) in [5.41, 5.74) is 0.895. The minimum absolute atomic E-state index is 0. The van der Waals surface area contributed by atoms with E-state index in [2.05, 4.69) is 4.90 Å². The van der Waals surface area contributed by atoms with E-state index in [1.54, 1.807) is 30.2 Å². The lowest BCUT2D eigenvalue weighted by Crippen LogP contribution is -2.33. The minimum Gasteiger partial charge on any atom is -0.497 e. The number of methoxy groups -OCH3 is 1. The summed E-state index contributed by atoms with van der Waals surface area (Å²) in [6, 6.07) is 13.8. The predicted molar refractivity (Wildman–Crippen MR) is 142 cm³/mol. The number of carbonyl (C=O) groups is 1. The van der Waals surface area contributed by atoms with Gasteiger partial charge in [-0.1, -0.05) is 11.3 Å². The number of carbonyl (C=O) groups excluding carboxylic acids is 1. The van der Waals surface area contributed by atoms with Crippen molar-refractivity contribution in [2.75, 3.05) is 51.6 Å². The Bertz CT molecular complexity index is 1010. The Balaban J connectivity index is 0.00000385. The molecule has 3 rings (SSSR count). The van der Waals surface area contributed by atoms with Crippen LogP contribution in [0.1, 0.15) is 19.8 Å². The van der Waals surface area contributed by atoms with Crippen molar-refractivity contribution in [3.63, 3.8) is 0 Å². The molecule has 0 N–H and O–H groups in total. The summed E-state index contributed by atoms with van der Waals surface area (Å²) in [6.07, 6.45) is 1.35. The fourth-order valence-electron chi connectivity index (χ4n) is 3.20. The van der Waals surface area contributed by atoms with E-state index in [0.29, 0.717) is 25.3 Å². The number of halogens is 1. The second-order valence-corrected chi connectivity index (χ2v) is 9.71. The van der Waals surface area contributed by atoms with Crippen LogP contribution in [0, 0.1) is 0 Å². The first-order valence-electron chi connectivity index (χ1n) is 10.8. The zero-order valence-electron chi connectivity index (χ0n) is 19.6. The van der Waals surface area contributed by atoms with E-state index in [1.165, 1.54) is 0 Å². The van der Waals surface area contributed by atoms with Crippen LogP contribution in [0.15, 0.2) is 47.4 Å². The topological polar surface area (TPSA) is 54.9 Å². The molecule has 6 nitrogen and oxygen atoms in total. The van der Waals surface area contributed by atoms with Gasteiger partial charge in [-0.3, -0.25) is 9.69 Å². The van der Waals surface area contributed by atoms with Gasteiger partial charge in [0, 0.05) is 23.6 Å². The summed E-state index contributed by atoms with van der Waals surface area (Å²) < 4.78 is 11.9. The van der Waals surface area contributed by atoms with Crippen molar-refractivity contribution >= 4 is 56.8 Å². The van der Waals surface area contributed by atoms with Crippen LogP contribution in [0.5, 0.6) is 11.5 Å². The number of aromatic nitrogens is 1. The van der Waals surface area contributed by atoms with Gasteiger partial charge in [-0.15, -0.1) is 24.2 Å². The van der Waals surface area contributed by atoms with Crippen LogP contribution >= 0.6 is 35.5 Å². The van der Waals surface area contributed by atoms with Crippen LogP contribution in [-0.4, -0.2) is 62.4 Å².